The van der Waals surface area contributed by atoms with Gasteiger partial charge in [-0.15, -0.1) is 0 Å². The smallest absolute Gasteiger partial charge is 0.251 e. The van der Waals surface area contributed by atoms with Crippen LogP contribution >= 0.6 is 15.9 Å². The summed E-state index contributed by atoms with van der Waals surface area (Å²) in [7, 11) is 0. The molecule has 0 atom stereocenters. The fraction of sp³-hybridized carbons (Fsp3) is 0.250. The summed E-state index contributed by atoms with van der Waals surface area (Å²) in [5.41, 5.74) is 3.13. The Morgan fingerprint density at radius 2 is 1.70 bits per heavy atom. The van der Waals surface area contributed by atoms with Crippen LogP contribution in [0.2, 0.25) is 0 Å². The summed E-state index contributed by atoms with van der Waals surface area (Å²) >= 11 is 3.38. The minimum Gasteiger partial charge on any atom is -0.352 e. The zero-order valence-electron chi connectivity index (χ0n) is 15.3. The number of amides is 3. The molecule has 0 aliphatic rings. The maximum atomic E-state index is 12.1. The van der Waals surface area contributed by atoms with Crippen LogP contribution in [-0.2, 0) is 16.1 Å². The monoisotopic (exact) mass is 431 g/mol. The number of hydrogen-bond donors (Lipinski definition) is 3. The highest BCUT2D eigenvalue weighted by atomic mass is 79.9. The normalized spacial score (nSPS) is 10.2. The molecule has 0 bridgehead atoms. The van der Waals surface area contributed by atoms with E-state index in [2.05, 4.69) is 31.9 Å². The lowest BCUT2D eigenvalue weighted by Gasteiger charge is -2.10. The van der Waals surface area contributed by atoms with E-state index in [0.29, 0.717) is 12.1 Å². The molecule has 3 amide bonds. The summed E-state index contributed by atoms with van der Waals surface area (Å²) in [6, 6.07) is 12.6. The molecule has 3 N–H and O–H groups in total. The predicted octanol–water partition coefficient (Wildman–Crippen LogP) is 3.15. The Morgan fingerprint density at radius 1 is 1.00 bits per heavy atom. The Bertz CT molecular complexity index is 835. The van der Waals surface area contributed by atoms with Crippen molar-refractivity contribution in [2.75, 3.05) is 11.9 Å². The minimum atomic E-state index is -0.243. The first-order valence-electron chi connectivity index (χ1n) is 8.52. The van der Waals surface area contributed by atoms with Gasteiger partial charge < -0.3 is 16.0 Å². The highest BCUT2D eigenvalue weighted by Gasteiger charge is 2.08. The predicted molar refractivity (Wildman–Crippen MR) is 108 cm³/mol. The summed E-state index contributed by atoms with van der Waals surface area (Å²) in [5, 5.41) is 8.27. The largest absolute Gasteiger partial charge is 0.352 e. The maximum absolute atomic E-state index is 12.1. The molecule has 0 aromatic heterocycles. The van der Waals surface area contributed by atoms with Crippen LogP contribution in [0.25, 0.3) is 0 Å². The summed E-state index contributed by atoms with van der Waals surface area (Å²) in [4.78, 5) is 35.1. The van der Waals surface area contributed by atoms with Gasteiger partial charge in [0.15, 0.2) is 0 Å². The van der Waals surface area contributed by atoms with Gasteiger partial charge in [0, 0.05) is 42.2 Å². The minimum absolute atomic E-state index is 0.104. The summed E-state index contributed by atoms with van der Waals surface area (Å²) in [6.45, 7) is 4.03. The van der Waals surface area contributed by atoms with Crippen LogP contribution in [0.5, 0.6) is 0 Å². The number of hydrogen-bond acceptors (Lipinski definition) is 3. The lowest BCUT2D eigenvalue weighted by atomic mass is 10.1. The van der Waals surface area contributed by atoms with Crippen LogP contribution in [0.1, 0.15) is 34.8 Å². The first-order chi connectivity index (χ1) is 12.8. The van der Waals surface area contributed by atoms with Gasteiger partial charge in [0.1, 0.15) is 0 Å². The molecular formula is C20H22BrN3O3. The molecule has 0 aliphatic carbocycles. The molecule has 0 aliphatic heterocycles. The van der Waals surface area contributed by atoms with E-state index in [9.17, 15) is 14.4 Å². The summed E-state index contributed by atoms with van der Waals surface area (Å²) in [6.07, 6.45) is 0.179. The maximum Gasteiger partial charge on any atom is 0.251 e. The second-order valence-corrected chi connectivity index (χ2v) is 7.04. The highest BCUT2D eigenvalue weighted by molar-refractivity contribution is 9.10. The van der Waals surface area contributed by atoms with E-state index in [-0.39, 0.29) is 30.7 Å². The van der Waals surface area contributed by atoms with Crippen LogP contribution in [0, 0.1) is 6.92 Å². The molecule has 2 aromatic carbocycles. The molecule has 0 heterocycles. The second kappa shape index (κ2) is 9.87. The topological polar surface area (TPSA) is 87.3 Å². The summed E-state index contributed by atoms with van der Waals surface area (Å²) < 4.78 is 0.888. The number of nitrogens with one attached hydrogen (secondary N) is 3. The Balaban J connectivity index is 1.79. The highest BCUT2D eigenvalue weighted by Crippen LogP contribution is 2.20. The Hall–Kier alpha value is -2.67. The Labute approximate surface area is 166 Å². The van der Waals surface area contributed by atoms with Crippen molar-refractivity contribution in [2.45, 2.75) is 26.8 Å². The van der Waals surface area contributed by atoms with Crippen LogP contribution in [-0.4, -0.2) is 24.3 Å². The third-order valence-corrected chi connectivity index (χ3v) is 4.36. The Morgan fingerprint density at radius 3 is 2.37 bits per heavy atom. The second-order valence-electron chi connectivity index (χ2n) is 6.12. The van der Waals surface area contributed by atoms with Crippen molar-refractivity contribution in [1.29, 1.82) is 0 Å². The number of benzene rings is 2. The fourth-order valence-electron chi connectivity index (χ4n) is 2.33. The zero-order chi connectivity index (χ0) is 19.8. The molecule has 0 saturated heterocycles. The van der Waals surface area contributed by atoms with Crippen LogP contribution in [0.4, 0.5) is 5.69 Å². The van der Waals surface area contributed by atoms with Crippen molar-refractivity contribution in [3.05, 3.63) is 63.6 Å². The van der Waals surface area contributed by atoms with E-state index in [4.69, 9.17) is 0 Å². The first kappa shape index (κ1) is 20.6. The molecule has 0 spiro atoms. The van der Waals surface area contributed by atoms with Crippen molar-refractivity contribution in [3.63, 3.8) is 0 Å². The van der Waals surface area contributed by atoms with E-state index in [1.54, 1.807) is 24.3 Å². The standard InChI is InChI=1S/C20H22BrN3O3/c1-13-3-8-17(21)11-18(13)24-19(26)9-10-22-20(27)16-6-4-15(5-7-16)12-23-14(2)25/h3-8,11H,9-10,12H2,1-2H3,(H,22,27)(H,23,25)(H,24,26). The lowest BCUT2D eigenvalue weighted by molar-refractivity contribution is -0.119. The third-order valence-electron chi connectivity index (χ3n) is 3.87. The van der Waals surface area contributed by atoms with Gasteiger partial charge in [0.25, 0.3) is 5.91 Å². The molecule has 0 unspecified atom stereocenters. The number of anilines is 1. The fourth-order valence-corrected chi connectivity index (χ4v) is 2.69. The molecular weight excluding hydrogens is 410 g/mol. The van der Waals surface area contributed by atoms with E-state index in [1.165, 1.54) is 6.92 Å². The van der Waals surface area contributed by atoms with Crippen LogP contribution < -0.4 is 16.0 Å². The van der Waals surface area contributed by atoms with Crippen molar-refractivity contribution in [1.82, 2.24) is 10.6 Å². The van der Waals surface area contributed by atoms with Gasteiger partial charge in [0.2, 0.25) is 11.8 Å². The molecule has 0 radical (unpaired) electrons. The summed E-state index contributed by atoms with van der Waals surface area (Å²) in [5.74, 6) is -0.511. The number of halogens is 1. The van der Waals surface area contributed by atoms with Gasteiger partial charge in [-0.2, -0.15) is 0 Å². The molecule has 6 nitrogen and oxygen atoms in total. The molecule has 27 heavy (non-hydrogen) atoms. The molecule has 0 saturated carbocycles. The van der Waals surface area contributed by atoms with Crippen LogP contribution in [0.15, 0.2) is 46.9 Å². The number of carbonyl (C=O) groups excluding carboxylic acids is 3. The van der Waals surface area contributed by atoms with E-state index in [1.807, 2.05) is 25.1 Å². The molecule has 7 heteroatoms. The van der Waals surface area contributed by atoms with E-state index >= 15 is 0 Å². The number of aryl methyl sites for hydroxylation is 1. The number of carbonyl (C=O) groups is 3. The van der Waals surface area contributed by atoms with Gasteiger partial charge in [-0.1, -0.05) is 34.1 Å². The average molecular weight is 432 g/mol. The molecule has 2 aromatic rings. The van der Waals surface area contributed by atoms with Gasteiger partial charge in [-0.3, -0.25) is 14.4 Å². The third kappa shape index (κ3) is 6.86. The van der Waals surface area contributed by atoms with Gasteiger partial charge in [-0.05, 0) is 42.3 Å². The van der Waals surface area contributed by atoms with Crippen molar-refractivity contribution < 1.29 is 14.4 Å². The lowest BCUT2D eigenvalue weighted by Crippen LogP contribution is -2.27. The van der Waals surface area contributed by atoms with Gasteiger partial charge >= 0.3 is 0 Å². The number of rotatable bonds is 7. The SMILES string of the molecule is CC(=O)NCc1ccc(C(=O)NCCC(=O)Nc2cc(Br)ccc2C)cc1. The molecule has 142 valence electrons. The Kier molecular flexibility index (Phi) is 7.55. The van der Waals surface area contributed by atoms with Crippen molar-refractivity contribution in [3.8, 4) is 0 Å². The van der Waals surface area contributed by atoms with Gasteiger partial charge in [0.05, 0.1) is 0 Å². The quantitative estimate of drug-likeness (QED) is 0.628. The van der Waals surface area contributed by atoms with E-state index in [0.717, 1.165) is 21.3 Å². The van der Waals surface area contributed by atoms with Crippen LogP contribution in [0.3, 0.4) is 0 Å². The van der Waals surface area contributed by atoms with Gasteiger partial charge in [-0.25, -0.2) is 0 Å². The zero-order valence-corrected chi connectivity index (χ0v) is 16.9. The molecule has 0 fully saturated rings. The van der Waals surface area contributed by atoms with E-state index < -0.39 is 0 Å². The molecule has 2 rings (SSSR count). The first-order valence-corrected chi connectivity index (χ1v) is 9.32. The van der Waals surface area contributed by atoms with Crippen molar-refractivity contribution >= 4 is 39.3 Å². The van der Waals surface area contributed by atoms with Crippen molar-refractivity contribution in [2.24, 2.45) is 0 Å². The average Bonchev–Trinajstić information content (AvgIpc) is 2.63.